The van der Waals surface area contributed by atoms with Gasteiger partial charge in [-0.05, 0) is 43.2 Å². The lowest BCUT2D eigenvalue weighted by Crippen LogP contribution is -1.97. The molecule has 0 spiro atoms. The van der Waals surface area contributed by atoms with Gasteiger partial charge in [0.15, 0.2) is 17.3 Å². The summed E-state index contributed by atoms with van der Waals surface area (Å²) in [5, 5.41) is 0.555. The van der Waals surface area contributed by atoms with Crippen molar-refractivity contribution >= 4 is 22.1 Å². The van der Waals surface area contributed by atoms with Crippen molar-refractivity contribution in [2.75, 3.05) is 20.0 Å². The first-order chi connectivity index (χ1) is 9.49. The highest BCUT2D eigenvalue weighted by atomic mass is 32.1. The number of Topliss-reactive ketones (excluding diaryl/α,β-unsaturated/α-hetero) is 1. The van der Waals surface area contributed by atoms with Crippen LogP contribution in [0.4, 0.5) is 5.00 Å². The predicted molar refractivity (Wildman–Crippen MR) is 82.0 cm³/mol. The SMILES string of the molecule is COc1ccc(-c2sc(N)c(C(C)=O)c2C)cc1OC. The summed E-state index contributed by atoms with van der Waals surface area (Å²) in [7, 11) is 3.19. The van der Waals surface area contributed by atoms with Crippen molar-refractivity contribution < 1.29 is 14.3 Å². The van der Waals surface area contributed by atoms with Gasteiger partial charge in [0, 0.05) is 4.88 Å². The van der Waals surface area contributed by atoms with Crippen LogP contribution < -0.4 is 15.2 Å². The zero-order valence-electron chi connectivity index (χ0n) is 11.9. The van der Waals surface area contributed by atoms with E-state index in [1.807, 2.05) is 25.1 Å². The summed E-state index contributed by atoms with van der Waals surface area (Å²) in [4.78, 5) is 12.6. The molecule has 2 aromatic rings. The molecule has 0 aliphatic rings. The molecule has 5 heteroatoms. The lowest BCUT2D eigenvalue weighted by Gasteiger charge is -2.09. The molecule has 0 radical (unpaired) electrons. The molecule has 1 aromatic carbocycles. The molecule has 0 amide bonds. The maximum atomic E-state index is 11.6. The molecular formula is C15H17NO3S. The van der Waals surface area contributed by atoms with Gasteiger partial charge in [-0.3, -0.25) is 4.79 Å². The molecule has 0 fully saturated rings. The van der Waals surface area contributed by atoms with E-state index >= 15 is 0 Å². The molecular weight excluding hydrogens is 274 g/mol. The number of hydrogen-bond acceptors (Lipinski definition) is 5. The minimum atomic E-state index is -0.0111. The summed E-state index contributed by atoms with van der Waals surface area (Å²) in [6.07, 6.45) is 0. The summed E-state index contributed by atoms with van der Waals surface area (Å²) in [6.45, 7) is 3.44. The van der Waals surface area contributed by atoms with Gasteiger partial charge < -0.3 is 15.2 Å². The molecule has 0 aliphatic carbocycles. The van der Waals surface area contributed by atoms with Crippen molar-refractivity contribution in [3.8, 4) is 21.9 Å². The number of anilines is 1. The van der Waals surface area contributed by atoms with E-state index in [9.17, 15) is 4.79 Å². The lowest BCUT2D eigenvalue weighted by molar-refractivity contribution is 0.101. The Labute approximate surface area is 122 Å². The van der Waals surface area contributed by atoms with Crippen LogP contribution in [0.5, 0.6) is 11.5 Å². The molecule has 0 saturated carbocycles. The average Bonchev–Trinajstić information content (AvgIpc) is 2.73. The second-order valence-electron chi connectivity index (χ2n) is 4.42. The van der Waals surface area contributed by atoms with E-state index in [4.69, 9.17) is 15.2 Å². The summed E-state index contributed by atoms with van der Waals surface area (Å²) in [5.74, 6) is 1.31. The minimum Gasteiger partial charge on any atom is -0.493 e. The number of carbonyl (C=O) groups is 1. The Morgan fingerprint density at radius 2 is 1.85 bits per heavy atom. The molecule has 1 heterocycles. The van der Waals surface area contributed by atoms with Gasteiger partial charge in [0.1, 0.15) is 0 Å². The van der Waals surface area contributed by atoms with Crippen LogP contribution in [0.3, 0.4) is 0 Å². The Morgan fingerprint density at radius 3 is 2.35 bits per heavy atom. The second-order valence-corrected chi connectivity index (χ2v) is 5.47. The number of nitrogens with two attached hydrogens (primary N) is 1. The third kappa shape index (κ3) is 2.36. The average molecular weight is 291 g/mol. The first-order valence-corrected chi connectivity index (χ1v) is 6.93. The normalized spacial score (nSPS) is 10.4. The first kappa shape index (κ1) is 14.4. The van der Waals surface area contributed by atoms with Crippen LogP contribution >= 0.6 is 11.3 Å². The van der Waals surface area contributed by atoms with Gasteiger partial charge in [0.05, 0.1) is 24.8 Å². The molecule has 0 saturated heterocycles. The van der Waals surface area contributed by atoms with Gasteiger partial charge in [-0.1, -0.05) is 0 Å². The van der Waals surface area contributed by atoms with Gasteiger partial charge in [-0.15, -0.1) is 11.3 Å². The van der Waals surface area contributed by atoms with Crippen molar-refractivity contribution in [2.24, 2.45) is 0 Å². The third-order valence-corrected chi connectivity index (χ3v) is 4.34. The molecule has 1 aromatic heterocycles. The number of rotatable bonds is 4. The van der Waals surface area contributed by atoms with Crippen LogP contribution in [0.15, 0.2) is 18.2 Å². The first-order valence-electron chi connectivity index (χ1n) is 6.11. The molecule has 0 unspecified atom stereocenters. The number of hydrogen-bond donors (Lipinski definition) is 1. The van der Waals surface area contributed by atoms with Crippen molar-refractivity contribution in [1.82, 2.24) is 0 Å². The van der Waals surface area contributed by atoms with E-state index in [2.05, 4.69) is 0 Å². The molecule has 4 nitrogen and oxygen atoms in total. The number of ketones is 1. The van der Waals surface area contributed by atoms with E-state index < -0.39 is 0 Å². The van der Waals surface area contributed by atoms with Crippen LogP contribution in [0.2, 0.25) is 0 Å². The summed E-state index contributed by atoms with van der Waals surface area (Å²) < 4.78 is 10.5. The van der Waals surface area contributed by atoms with Crippen LogP contribution in [-0.2, 0) is 0 Å². The maximum Gasteiger partial charge on any atom is 0.163 e. The Morgan fingerprint density at radius 1 is 1.20 bits per heavy atom. The Balaban J connectivity index is 2.58. The fourth-order valence-electron chi connectivity index (χ4n) is 2.23. The van der Waals surface area contributed by atoms with E-state index in [1.54, 1.807) is 14.2 Å². The number of ether oxygens (including phenoxy) is 2. The fourth-order valence-corrected chi connectivity index (χ4v) is 3.35. The standard InChI is InChI=1S/C15H17NO3S/c1-8-13(9(2)17)15(16)20-14(8)10-5-6-11(18-3)12(7-10)19-4/h5-7H,16H2,1-4H3. The topological polar surface area (TPSA) is 61.5 Å². The fraction of sp³-hybridized carbons (Fsp3) is 0.267. The molecule has 0 aliphatic heterocycles. The summed E-state index contributed by atoms with van der Waals surface area (Å²) in [5.41, 5.74) is 8.43. The van der Waals surface area contributed by atoms with Gasteiger partial charge in [-0.2, -0.15) is 0 Å². The number of carbonyl (C=O) groups excluding carboxylic acids is 1. The van der Waals surface area contributed by atoms with E-state index in [-0.39, 0.29) is 5.78 Å². The second kappa shape index (κ2) is 5.54. The van der Waals surface area contributed by atoms with Crippen molar-refractivity contribution in [3.63, 3.8) is 0 Å². The maximum absolute atomic E-state index is 11.6. The van der Waals surface area contributed by atoms with Crippen molar-refractivity contribution in [1.29, 1.82) is 0 Å². The van der Waals surface area contributed by atoms with E-state index in [1.165, 1.54) is 18.3 Å². The van der Waals surface area contributed by atoms with Crippen LogP contribution in [-0.4, -0.2) is 20.0 Å². The molecule has 20 heavy (non-hydrogen) atoms. The van der Waals surface area contributed by atoms with Gasteiger partial charge in [-0.25, -0.2) is 0 Å². The highest BCUT2D eigenvalue weighted by Crippen LogP contribution is 2.41. The van der Waals surface area contributed by atoms with Gasteiger partial charge in [0.25, 0.3) is 0 Å². The smallest absolute Gasteiger partial charge is 0.163 e. The largest absolute Gasteiger partial charge is 0.493 e. The minimum absolute atomic E-state index is 0.0111. The molecule has 2 N–H and O–H groups in total. The number of thiophene rings is 1. The summed E-state index contributed by atoms with van der Waals surface area (Å²) in [6, 6.07) is 5.67. The Bertz CT molecular complexity index is 661. The number of benzene rings is 1. The molecule has 0 bridgehead atoms. The lowest BCUT2D eigenvalue weighted by atomic mass is 10.0. The monoisotopic (exact) mass is 291 g/mol. The molecule has 106 valence electrons. The van der Waals surface area contributed by atoms with E-state index in [0.29, 0.717) is 22.1 Å². The predicted octanol–water partition coefficient (Wildman–Crippen LogP) is 3.53. The molecule has 2 rings (SSSR count). The van der Waals surface area contributed by atoms with E-state index in [0.717, 1.165) is 16.0 Å². The van der Waals surface area contributed by atoms with Crippen LogP contribution in [0.25, 0.3) is 10.4 Å². The van der Waals surface area contributed by atoms with Crippen LogP contribution in [0, 0.1) is 6.92 Å². The quantitative estimate of drug-likeness (QED) is 0.875. The third-order valence-electron chi connectivity index (χ3n) is 3.17. The Hall–Kier alpha value is -2.01. The highest BCUT2D eigenvalue weighted by Gasteiger charge is 2.18. The zero-order valence-corrected chi connectivity index (χ0v) is 12.8. The summed E-state index contributed by atoms with van der Waals surface area (Å²) >= 11 is 1.42. The van der Waals surface area contributed by atoms with Crippen molar-refractivity contribution in [3.05, 3.63) is 29.3 Å². The van der Waals surface area contributed by atoms with Crippen LogP contribution in [0.1, 0.15) is 22.8 Å². The van der Waals surface area contributed by atoms with Crippen molar-refractivity contribution in [2.45, 2.75) is 13.8 Å². The molecule has 0 atom stereocenters. The highest BCUT2D eigenvalue weighted by molar-refractivity contribution is 7.19. The zero-order chi connectivity index (χ0) is 14.9. The number of nitrogen functional groups attached to an aromatic ring is 1. The Kier molecular flexibility index (Phi) is 3.99. The van der Waals surface area contributed by atoms with Gasteiger partial charge in [0.2, 0.25) is 0 Å². The number of methoxy groups -OCH3 is 2. The van der Waals surface area contributed by atoms with Gasteiger partial charge >= 0.3 is 0 Å².